The Morgan fingerprint density at radius 2 is 1.56 bits per heavy atom. The summed E-state index contributed by atoms with van der Waals surface area (Å²) in [5.74, 6) is 4.89. The van der Waals surface area contributed by atoms with Gasteiger partial charge in [-0.2, -0.15) is 11.8 Å². The Labute approximate surface area is 305 Å². The number of nitrogens with zero attached hydrogens (tertiary/aromatic N) is 1. The highest BCUT2D eigenvalue weighted by Crippen LogP contribution is 2.70. The van der Waals surface area contributed by atoms with Crippen LogP contribution >= 0.6 is 11.8 Å². The first kappa shape index (κ1) is 35.7. The molecule has 4 nitrogen and oxygen atoms in total. The van der Waals surface area contributed by atoms with Gasteiger partial charge < -0.3 is 19.8 Å². The van der Waals surface area contributed by atoms with E-state index in [1.54, 1.807) is 6.07 Å². The van der Waals surface area contributed by atoms with Gasteiger partial charge in [-0.05, 0) is 158 Å². The lowest BCUT2D eigenvalue weighted by molar-refractivity contribution is -0.116. The van der Waals surface area contributed by atoms with E-state index in [1.165, 1.54) is 56.1 Å². The second-order valence-electron chi connectivity index (χ2n) is 16.7. The molecular weight excluding hydrogens is 635 g/mol. The fraction of sp³-hybridized carbons (Fsp3) is 0.556. The number of ether oxygens (including phenoxy) is 1. The van der Waals surface area contributed by atoms with Crippen LogP contribution in [0.5, 0.6) is 11.5 Å². The van der Waals surface area contributed by atoms with E-state index in [-0.39, 0.29) is 17.3 Å². The summed E-state index contributed by atoms with van der Waals surface area (Å²) in [7, 11) is 4.07. The number of fused-ring (bicyclic) bond motifs is 6. The van der Waals surface area contributed by atoms with E-state index < -0.39 is 0 Å². The predicted molar refractivity (Wildman–Crippen MR) is 210 cm³/mol. The Kier molecular flexibility index (Phi) is 10.5. The number of aliphatic hydroxyl groups excluding tert-OH is 1. The minimum atomic E-state index is -0.0105. The van der Waals surface area contributed by atoms with Crippen molar-refractivity contribution in [2.45, 2.75) is 95.2 Å². The van der Waals surface area contributed by atoms with Crippen molar-refractivity contribution in [3.05, 3.63) is 95.6 Å². The molecule has 0 unspecified atom stereocenters. The summed E-state index contributed by atoms with van der Waals surface area (Å²) < 4.78 is 5.85. The van der Waals surface area contributed by atoms with Gasteiger partial charge in [0.1, 0.15) is 18.1 Å². The first-order valence-corrected chi connectivity index (χ1v) is 20.3. The normalized spacial score (nSPS) is 34.3. The van der Waals surface area contributed by atoms with Crippen LogP contribution in [0.3, 0.4) is 0 Å². The molecule has 1 heterocycles. The zero-order chi connectivity index (χ0) is 35.0. The van der Waals surface area contributed by atoms with E-state index >= 15 is 0 Å². The number of aliphatic hydroxyl groups is 1. The molecule has 4 saturated carbocycles. The predicted octanol–water partition coefficient (Wildman–Crippen LogP) is 10.2. The fourth-order valence-electron chi connectivity index (χ4n) is 10.9. The van der Waals surface area contributed by atoms with Crippen molar-refractivity contribution >= 4 is 22.9 Å². The van der Waals surface area contributed by atoms with Crippen LogP contribution in [-0.4, -0.2) is 59.0 Å². The summed E-state index contributed by atoms with van der Waals surface area (Å²) in [4.78, 5) is 2.10. The maximum Gasteiger partial charge on any atom is 0.119 e. The van der Waals surface area contributed by atoms with Crippen molar-refractivity contribution in [3.63, 3.8) is 0 Å². The molecule has 268 valence electrons. The van der Waals surface area contributed by atoms with Gasteiger partial charge in [0, 0.05) is 17.0 Å². The number of aromatic hydroxyl groups is 1. The van der Waals surface area contributed by atoms with Crippen LogP contribution in [0.15, 0.2) is 78.9 Å². The van der Waals surface area contributed by atoms with Gasteiger partial charge in [0.05, 0.1) is 6.10 Å². The summed E-state index contributed by atoms with van der Waals surface area (Å²) >= 11 is 2.28. The molecule has 3 aromatic rings. The molecule has 0 aromatic heterocycles. The third-order valence-corrected chi connectivity index (χ3v) is 15.1. The number of hydrogen-bond acceptors (Lipinski definition) is 5. The summed E-state index contributed by atoms with van der Waals surface area (Å²) in [6.07, 6.45) is 12.0. The Morgan fingerprint density at radius 3 is 2.28 bits per heavy atom. The standard InChI is InChI=1S/C26H29NO2.C19H30OS/c1-4-25(20-9-6-5-7-10-20)26(22-11-8-12-23(28)19-22)21-13-15-24(16-14-21)29-18-17-27(2)3;1-18-8-7-14-12(13(18)5-6-17(18)20)4-3-11-9-15-16(21-15)10-19(11,14)2/h5-16,19,28H,4,17-18H2,1-3H3;11-17,20H,3-10H2,1-2H3/b26-25+;/t;11-,12-,13-,14-,15-,16+,17-,18-,19-/m.0/s1. The zero-order valence-electron chi connectivity index (χ0n) is 31.0. The maximum atomic E-state index is 10.5. The van der Waals surface area contributed by atoms with Gasteiger partial charge in [-0.15, -0.1) is 0 Å². The Hall–Kier alpha value is -2.73. The van der Waals surface area contributed by atoms with Crippen molar-refractivity contribution in [2.24, 2.45) is 34.5 Å². The summed E-state index contributed by atoms with van der Waals surface area (Å²) in [5.41, 5.74) is 6.59. The molecule has 1 aliphatic heterocycles. The largest absolute Gasteiger partial charge is 0.508 e. The average Bonchev–Trinajstić information content (AvgIpc) is 3.79. The van der Waals surface area contributed by atoms with E-state index in [1.807, 2.05) is 44.4 Å². The minimum Gasteiger partial charge on any atom is -0.508 e. The van der Waals surface area contributed by atoms with Crippen molar-refractivity contribution in [1.82, 2.24) is 4.90 Å². The molecule has 4 aliphatic carbocycles. The first-order chi connectivity index (χ1) is 24.1. The van der Waals surface area contributed by atoms with Crippen LogP contribution in [0.2, 0.25) is 0 Å². The minimum absolute atomic E-state index is 0.0105. The van der Waals surface area contributed by atoms with E-state index in [0.29, 0.717) is 12.0 Å². The molecule has 2 N–H and O–H groups in total. The lowest BCUT2D eigenvalue weighted by Crippen LogP contribution is -2.54. The summed E-state index contributed by atoms with van der Waals surface area (Å²) in [6, 6.07) is 26.2. The van der Waals surface area contributed by atoms with Gasteiger partial charge in [-0.3, -0.25) is 0 Å². The van der Waals surface area contributed by atoms with Crippen molar-refractivity contribution < 1.29 is 14.9 Å². The van der Waals surface area contributed by atoms with E-state index in [2.05, 4.69) is 79.9 Å². The van der Waals surface area contributed by atoms with Gasteiger partial charge >= 0.3 is 0 Å². The van der Waals surface area contributed by atoms with E-state index in [0.717, 1.165) is 76.0 Å². The molecule has 9 atom stereocenters. The molecule has 0 spiro atoms. The number of phenolic OH excluding ortho intramolecular Hbond substituents is 1. The second kappa shape index (κ2) is 14.7. The number of rotatable bonds is 8. The molecule has 5 fully saturated rings. The lowest BCUT2D eigenvalue weighted by atomic mass is 9.45. The molecule has 1 saturated heterocycles. The molecule has 3 aromatic carbocycles. The Balaban J connectivity index is 0.000000164. The molecule has 50 heavy (non-hydrogen) atoms. The zero-order valence-corrected chi connectivity index (χ0v) is 31.8. The SMILES string of the molecule is CC/C(=C(/c1ccc(OCCN(C)C)cc1)c1cccc(O)c1)c1ccccc1.C[C@]12C[C@H]3S[C@H]3C[C@@H]1CC[C@@H]1[C@@H]2CC[C@]2(C)[C@@H](O)CC[C@@H]12. The number of phenols is 1. The third-order valence-electron chi connectivity index (χ3n) is 13.7. The Bertz CT molecular complexity index is 1640. The van der Waals surface area contributed by atoms with Crippen molar-refractivity contribution in [2.75, 3.05) is 27.2 Å². The molecule has 0 bridgehead atoms. The van der Waals surface area contributed by atoms with Crippen molar-refractivity contribution in [1.29, 1.82) is 0 Å². The molecule has 5 aliphatic rings. The number of hydrogen-bond donors (Lipinski definition) is 2. The van der Waals surface area contributed by atoms with Gasteiger partial charge in [0.15, 0.2) is 0 Å². The van der Waals surface area contributed by atoms with Crippen LogP contribution in [0.1, 0.15) is 95.2 Å². The van der Waals surface area contributed by atoms with Gasteiger partial charge in [0.2, 0.25) is 0 Å². The number of benzene rings is 3. The second-order valence-corrected chi connectivity index (χ2v) is 18.2. The average molecular weight is 694 g/mol. The smallest absolute Gasteiger partial charge is 0.119 e. The van der Waals surface area contributed by atoms with E-state index in [4.69, 9.17) is 4.74 Å². The number of allylic oxidation sites excluding steroid dienone is 1. The highest BCUT2D eigenvalue weighted by molar-refractivity contribution is 8.07. The van der Waals surface area contributed by atoms with Crippen LogP contribution in [-0.2, 0) is 0 Å². The van der Waals surface area contributed by atoms with Crippen LogP contribution < -0.4 is 4.74 Å². The molecule has 5 heteroatoms. The Morgan fingerprint density at radius 1 is 0.820 bits per heavy atom. The quantitative estimate of drug-likeness (QED) is 0.182. The molecule has 0 radical (unpaired) electrons. The molecule has 8 rings (SSSR count). The maximum absolute atomic E-state index is 10.5. The first-order valence-electron chi connectivity index (χ1n) is 19.4. The third kappa shape index (κ3) is 7.04. The topological polar surface area (TPSA) is 52.9 Å². The highest BCUT2D eigenvalue weighted by Gasteiger charge is 2.63. The monoisotopic (exact) mass is 693 g/mol. The fourth-order valence-corrected chi connectivity index (χ4v) is 12.3. The van der Waals surface area contributed by atoms with E-state index in [9.17, 15) is 10.2 Å². The number of thioether (sulfide) groups is 1. The summed E-state index contributed by atoms with van der Waals surface area (Å²) in [6.45, 7) is 8.78. The van der Waals surface area contributed by atoms with Gasteiger partial charge in [-0.25, -0.2) is 0 Å². The van der Waals surface area contributed by atoms with Gasteiger partial charge in [0.25, 0.3) is 0 Å². The highest BCUT2D eigenvalue weighted by atomic mass is 32.2. The molecule has 0 amide bonds. The molecular formula is C45H59NO3S. The van der Waals surface area contributed by atoms with Gasteiger partial charge in [-0.1, -0.05) is 75.4 Å². The van der Waals surface area contributed by atoms with Crippen LogP contribution in [0.4, 0.5) is 0 Å². The van der Waals surface area contributed by atoms with Crippen molar-refractivity contribution in [3.8, 4) is 11.5 Å². The summed E-state index contributed by atoms with van der Waals surface area (Å²) in [5, 5.41) is 22.7. The number of likely N-dealkylation sites (N-methyl/N-ethyl adjacent to an activating group) is 1. The lowest BCUT2D eigenvalue weighted by Gasteiger charge is -2.60. The van der Waals surface area contributed by atoms with Crippen LogP contribution in [0, 0.1) is 34.5 Å². The van der Waals surface area contributed by atoms with Crippen LogP contribution in [0.25, 0.3) is 11.1 Å².